The summed E-state index contributed by atoms with van der Waals surface area (Å²) >= 11 is 1.36. The van der Waals surface area contributed by atoms with Crippen molar-refractivity contribution in [1.82, 2.24) is 0 Å². The Kier molecular flexibility index (Phi) is 5.68. The maximum Gasteiger partial charge on any atom is 0.194 e. The van der Waals surface area contributed by atoms with Crippen LogP contribution in [0.2, 0.25) is 0 Å². The third-order valence-electron chi connectivity index (χ3n) is 3.54. The maximum atomic E-state index is 12.0. The van der Waals surface area contributed by atoms with Gasteiger partial charge < -0.3 is 9.47 Å². The van der Waals surface area contributed by atoms with Crippen LogP contribution in [0.5, 0.6) is 0 Å². The van der Waals surface area contributed by atoms with E-state index in [1.54, 1.807) is 7.11 Å². The zero-order valence-corrected chi connectivity index (χ0v) is 13.1. The largest absolute Gasteiger partial charge is 0.384 e. The molecule has 0 aromatic carbocycles. The number of methoxy groups -OCH3 is 1. The molecular weight excluding hydrogens is 248 g/mol. The minimum atomic E-state index is -0.308. The highest BCUT2D eigenvalue weighted by Crippen LogP contribution is 2.47. The minimum absolute atomic E-state index is 0.234. The summed E-state index contributed by atoms with van der Waals surface area (Å²) in [7, 11) is 1.65. The van der Waals surface area contributed by atoms with E-state index in [1.807, 2.05) is 13.8 Å². The lowest BCUT2D eigenvalue weighted by atomic mass is 9.92. The summed E-state index contributed by atoms with van der Waals surface area (Å²) in [4.78, 5) is 12.0. The van der Waals surface area contributed by atoms with Gasteiger partial charge in [-0.2, -0.15) is 0 Å². The molecule has 0 amide bonds. The van der Waals surface area contributed by atoms with Crippen LogP contribution in [0.15, 0.2) is 0 Å². The predicted molar refractivity (Wildman–Crippen MR) is 75.9 cm³/mol. The van der Waals surface area contributed by atoms with Crippen LogP contribution in [0.1, 0.15) is 40.5 Å². The van der Waals surface area contributed by atoms with E-state index in [4.69, 9.17) is 9.47 Å². The molecular formula is C14H26O3S. The molecule has 1 rings (SSSR count). The van der Waals surface area contributed by atoms with Gasteiger partial charge in [0.2, 0.25) is 0 Å². The summed E-state index contributed by atoms with van der Waals surface area (Å²) in [6, 6.07) is 0. The number of carbonyl (C=O) groups excluding carboxylic acids is 1. The van der Waals surface area contributed by atoms with E-state index in [2.05, 4.69) is 13.8 Å². The Labute approximate surface area is 115 Å². The predicted octanol–water partition coefficient (Wildman–Crippen LogP) is 3.12. The summed E-state index contributed by atoms with van der Waals surface area (Å²) in [6.07, 6.45) is 2.33. The van der Waals surface area contributed by atoms with Gasteiger partial charge in [0.05, 0.1) is 12.7 Å². The Morgan fingerprint density at radius 2 is 2.00 bits per heavy atom. The van der Waals surface area contributed by atoms with Crippen LogP contribution in [0.4, 0.5) is 0 Å². The summed E-state index contributed by atoms with van der Waals surface area (Å²) < 4.78 is 10.7. The van der Waals surface area contributed by atoms with E-state index in [0.717, 1.165) is 18.6 Å². The van der Waals surface area contributed by atoms with E-state index >= 15 is 0 Å². The van der Waals surface area contributed by atoms with Crippen LogP contribution in [-0.2, 0) is 14.3 Å². The van der Waals surface area contributed by atoms with Crippen molar-refractivity contribution in [3.05, 3.63) is 0 Å². The first-order valence-corrected chi connectivity index (χ1v) is 7.56. The van der Waals surface area contributed by atoms with Crippen LogP contribution in [-0.4, -0.2) is 37.3 Å². The number of hydrogen-bond acceptors (Lipinski definition) is 4. The molecule has 0 radical (unpaired) electrons. The molecule has 1 aliphatic rings. The molecule has 0 spiro atoms. The van der Waals surface area contributed by atoms with E-state index in [9.17, 15) is 4.79 Å². The number of hydrogen-bond donors (Lipinski definition) is 0. The zero-order chi connectivity index (χ0) is 13.8. The van der Waals surface area contributed by atoms with Gasteiger partial charge in [0, 0.05) is 24.9 Å². The fraction of sp³-hybridized carbons (Fsp3) is 0.929. The van der Waals surface area contributed by atoms with Crippen molar-refractivity contribution in [2.45, 2.75) is 46.6 Å². The Balaban J connectivity index is 2.19. The van der Waals surface area contributed by atoms with Gasteiger partial charge in [-0.25, -0.2) is 0 Å². The smallest absolute Gasteiger partial charge is 0.194 e. The maximum absolute atomic E-state index is 12.0. The SMILES string of the molecule is COCCSC(=O)C(C)(C)CCOC1CC1(C)C. The Hall–Kier alpha value is -0.0600. The normalized spacial score (nSPS) is 21.9. The Morgan fingerprint density at radius 1 is 1.39 bits per heavy atom. The van der Waals surface area contributed by atoms with Crippen LogP contribution >= 0.6 is 11.8 Å². The molecule has 0 saturated heterocycles. The van der Waals surface area contributed by atoms with Crippen molar-refractivity contribution in [1.29, 1.82) is 0 Å². The molecule has 1 atom stereocenters. The summed E-state index contributed by atoms with van der Waals surface area (Å²) in [5.41, 5.74) is 0.0405. The van der Waals surface area contributed by atoms with Gasteiger partial charge in [-0.05, 0) is 18.3 Å². The van der Waals surface area contributed by atoms with Crippen molar-refractivity contribution in [2.24, 2.45) is 10.8 Å². The van der Waals surface area contributed by atoms with E-state index in [0.29, 0.717) is 24.7 Å². The lowest BCUT2D eigenvalue weighted by molar-refractivity contribution is -0.119. The number of thioether (sulfide) groups is 1. The van der Waals surface area contributed by atoms with E-state index in [-0.39, 0.29) is 10.5 Å². The van der Waals surface area contributed by atoms with Crippen LogP contribution in [0.3, 0.4) is 0 Å². The van der Waals surface area contributed by atoms with Crippen molar-refractivity contribution >= 4 is 16.9 Å². The van der Waals surface area contributed by atoms with E-state index < -0.39 is 0 Å². The molecule has 0 aliphatic heterocycles. The molecule has 0 bridgehead atoms. The number of carbonyl (C=O) groups is 1. The molecule has 0 N–H and O–H groups in total. The highest BCUT2D eigenvalue weighted by molar-refractivity contribution is 8.13. The lowest BCUT2D eigenvalue weighted by Crippen LogP contribution is -2.24. The standard InChI is InChI=1S/C14H26O3S/c1-13(2,12(15)18-9-8-16-5)6-7-17-11-10-14(11,3)4/h11H,6-10H2,1-5H3. The monoisotopic (exact) mass is 274 g/mol. The summed E-state index contributed by atoms with van der Waals surface area (Å²) in [5.74, 6) is 0.731. The molecule has 1 saturated carbocycles. The van der Waals surface area contributed by atoms with Gasteiger partial charge in [0.15, 0.2) is 5.12 Å². The quantitative estimate of drug-likeness (QED) is 0.637. The van der Waals surface area contributed by atoms with Gasteiger partial charge in [-0.15, -0.1) is 0 Å². The molecule has 0 aromatic heterocycles. The third kappa shape index (κ3) is 4.90. The first-order chi connectivity index (χ1) is 8.29. The molecule has 18 heavy (non-hydrogen) atoms. The Bertz CT molecular complexity index is 287. The fourth-order valence-corrected chi connectivity index (χ4v) is 2.60. The topological polar surface area (TPSA) is 35.5 Å². The average Bonchev–Trinajstić information content (AvgIpc) is 2.86. The van der Waals surface area contributed by atoms with Crippen molar-refractivity contribution < 1.29 is 14.3 Å². The molecule has 3 nitrogen and oxygen atoms in total. The first-order valence-electron chi connectivity index (χ1n) is 6.57. The van der Waals surface area contributed by atoms with Crippen LogP contribution in [0, 0.1) is 10.8 Å². The molecule has 1 unspecified atom stereocenters. The minimum Gasteiger partial charge on any atom is -0.384 e. The van der Waals surface area contributed by atoms with Gasteiger partial charge in [-0.3, -0.25) is 4.79 Å². The van der Waals surface area contributed by atoms with Gasteiger partial charge in [0.25, 0.3) is 0 Å². The molecule has 106 valence electrons. The van der Waals surface area contributed by atoms with Crippen molar-refractivity contribution in [3.63, 3.8) is 0 Å². The second kappa shape index (κ2) is 6.40. The molecule has 1 fully saturated rings. The highest BCUT2D eigenvalue weighted by Gasteiger charge is 2.46. The average molecular weight is 274 g/mol. The summed E-state index contributed by atoms with van der Waals surface area (Å²) in [6.45, 7) is 9.73. The van der Waals surface area contributed by atoms with Crippen LogP contribution in [0.25, 0.3) is 0 Å². The summed E-state index contributed by atoms with van der Waals surface area (Å²) in [5, 5.41) is 0.234. The van der Waals surface area contributed by atoms with Gasteiger partial charge in [0.1, 0.15) is 0 Å². The van der Waals surface area contributed by atoms with Gasteiger partial charge >= 0.3 is 0 Å². The fourth-order valence-electron chi connectivity index (χ4n) is 1.67. The zero-order valence-electron chi connectivity index (χ0n) is 12.2. The second-order valence-electron chi connectivity index (χ2n) is 6.31. The Morgan fingerprint density at radius 3 is 2.50 bits per heavy atom. The first kappa shape index (κ1) is 16.0. The number of ether oxygens (including phenoxy) is 2. The van der Waals surface area contributed by atoms with Crippen molar-refractivity contribution in [3.8, 4) is 0 Å². The third-order valence-corrected chi connectivity index (χ3v) is 4.73. The van der Waals surface area contributed by atoms with Gasteiger partial charge in [-0.1, -0.05) is 39.5 Å². The number of rotatable bonds is 8. The molecule has 0 heterocycles. The van der Waals surface area contributed by atoms with Crippen LogP contribution < -0.4 is 0 Å². The molecule has 0 aromatic rings. The van der Waals surface area contributed by atoms with E-state index in [1.165, 1.54) is 11.8 Å². The molecule has 4 heteroatoms. The molecule has 1 aliphatic carbocycles. The van der Waals surface area contributed by atoms with Crippen molar-refractivity contribution in [2.75, 3.05) is 26.1 Å². The lowest BCUT2D eigenvalue weighted by Gasteiger charge is -2.22. The second-order valence-corrected chi connectivity index (χ2v) is 7.38. The highest BCUT2D eigenvalue weighted by atomic mass is 32.2.